The maximum atomic E-state index is 13.1. The molecule has 0 aliphatic heterocycles. The molecule has 1 rings (SSSR count). The third kappa shape index (κ3) is 3.99. The quantitative estimate of drug-likeness (QED) is 0.843. The Morgan fingerprint density at radius 1 is 1.16 bits per heavy atom. The predicted octanol–water partition coefficient (Wildman–Crippen LogP) is 2.89. The molecule has 0 bridgehead atoms. The SMILES string of the molecule is Cl.N[C@@H](c1cc(F)ccc1C(F)(F)F)C(F)(F)CO. The molecule has 0 saturated carbocycles. The summed E-state index contributed by atoms with van der Waals surface area (Å²) >= 11 is 0. The second-order valence-electron chi connectivity index (χ2n) is 3.63. The maximum absolute atomic E-state index is 13.1. The highest BCUT2D eigenvalue weighted by Gasteiger charge is 2.43. The number of halogens is 7. The van der Waals surface area contributed by atoms with Gasteiger partial charge in [0.15, 0.2) is 0 Å². The molecule has 0 saturated heterocycles. The Hall–Kier alpha value is -0.990. The van der Waals surface area contributed by atoms with Gasteiger partial charge in [0.1, 0.15) is 12.4 Å². The highest BCUT2D eigenvalue weighted by atomic mass is 35.5. The molecule has 0 radical (unpaired) electrons. The summed E-state index contributed by atoms with van der Waals surface area (Å²) in [6.45, 7) is -1.73. The number of rotatable bonds is 3. The zero-order valence-corrected chi connectivity index (χ0v) is 10.0. The summed E-state index contributed by atoms with van der Waals surface area (Å²) in [6.07, 6.45) is -4.94. The molecule has 1 atom stereocenters. The number of aliphatic hydroxyl groups excluding tert-OH is 1. The standard InChI is InChI=1S/C10H9F6NO.ClH/c11-5-1-2-7(10(14,15)16)6(3-5)8(17)9(12,13)4-18;/h1-3,8,18H,4,17H2;1H/t8-;/m0./s1. The minimum atomic E-state index is -4.94. The molecule has 0 amide bonds. The van der Waals surface area contributed by atoms with E-state index in [0.717, 1.165) is 0 Å². The summed E-state index contributed by atoms with van der Waals surface area (Å²) in [6, 6.07) is -1.33. The van der Waals surface area contributed by atoms with E-state index in [-0.39, 0.29) is 18.5 Å². The fourth-order valence-electron chi connectivity index (χ4n) is 1.37. The van der Waals surface area contributed by atoms with Crippen LogP contribution in [-0.4, -0.2) is 17.6 Å². The lowest BCUT2D eigenvalue weighted by Gasteiger charge is -2.24. The molecule has 3 N–H and O–H groups in total. The van der Waals surface area contributed by atoms with Crippen molar-refractivity contribution in [2.75, 3.05) is 6.61 Å². The van der Waals surface area contributed by atoms with E-state index in [1.807, 2.05) is 0 Å². The first-order valence-corrected chi connectivity index (χ1v) is 4.70. The van der Waals surface area contributed by atoms with Crippen molar-refractivity contribution in [3.8, 4) is 0 Å². The molecule has 0 aliphatic carbocycles. The molecule has 0 aliphatic rings. The minimum Gasteiger partial charge on any atom is -0.390 e. The van der Waals surface area contributed by atoms with Crippen LogP contribution in [0.3, 0.4) is 0 Å². The van der Waals surface area contributed by atoms with Gasteiger partial charge in [-0.05, 0) is 23.8 Å². The first-order valence-electron chi connectivity index (χ1n) is 4.70. The fourth-order valence-corrected chi connectivity index (χ4v) is 1.37. The number of aliphatic hydroxyl groups is 1. The Bertz CT molecular complexity index is 437. The van der Waals surface area contributed by atoms with Crippen LogP contribution in [0.5, 0.6) is 0 Å². The van der Waals surface area contributed by atoms with E-state index in [1.54, 1.807) is 0 Å². The van der Waals surface area contributed by atoms with E-state index in [4.69, 9.17) is 10.8 Å². The van der Waals surface area contributed by atoms with Gasteiger partial charge in [-0.1, -0.05) is 0 Å². The van der Waals surface area contributed by atoms with Crippen LogP contribution in [0, 0.1) is 5.82 Å². The summed E-state index contributed by atoms with van der Waals surface area (Å²) in [5.74, 6) is -5.10. The van der Waals surface area contributed by atoms with Crippen molar-refractivity contribution in [1.29, 1.82) is 0 Å². The summed E-state index contributed by atoms with van der Waals surface area (Å²) in [5.41, 5.74) is 2.42. The molecule has 2 nitrogen and oxygen atoms in total. The van der Waals surface area contributed by atoms with Crippen LogP contribution in [0.15, 0.2) is 18.2 Å². The van der Waals surface area contributed by atoms with Crippen molar-refractivity contribution in [3.05, 3.63) is 35.1 Å². The summed E-state index contributed by atoms with van der Waals surface area (Å²) in [5, 5.41) is 8.38. The van der Waals surface area contributed by atoms with Crippen molar-refractivity contribution in [3.63, 3.8) is 0 Å². The molecule has 0 unspecified atom stereocenters. The second kappa shape index (κ2) is 5.98. The van der Waals surface area contributed by atoms with Crippen LogP contribution in [0.25, 0.3) is 0 Å². The molecule has 0 spiro atoms. The number of hydrogen-bond acceptors (Lipinski definition) is 2. The van der Waals surface area contributed by atoms with Crippen LogP contribution in [0.4, 0.5) is 26.3 Å². The van der Waals surface area contributed by atoms with Crippen LogP contribution in [-0.2, 0) is 6.18 Å². The van der Waals surface area contributed by atoms with E-state index in [1.165, 1.54) is 0 Å². The largest absolute Gasteiger partial charge is 0.416 e. The lowest BCUT2D eigenvalue weighted by Crippen LogP contribution is -2.37. The molecule has 1 aromatic rings. The van der Waals surface area contributed by atoms with Crippen LogP contribution >= 0.6 is 12.4 Å². The Balaban J connectivity index is 0.00000324. The smallest absolute Gasteiger partial charge is 0.390 e. The lowest BCUT2D eigenvalue weighted by molar-refractivity contribution is -0.140. The van der Waals surface area contributed by atoms with Gasteiger partial charge in [-0.15, -0.1) is 12.4 Å². The van der Waals surface area contributed by atoms with Crippen LogP contribution in [0.1, 0.15) is 17.2 Å². The maximum Gasteiger partial charge on any atom is 0.416 e. The number of benzene rings is 1. The van der Waals surface area contributed by atoms with Crippen molar-refractivity contribution in [2.45, 2.75) is 18.1 Å². The summed E-state index contributed by atoms with van der Waals surface area (Å²) in [4.78, 5) is 0. The first kappa shape index (κ1) is 18.0. The van der Waals surface area contributed by atoms with E-state index in [9.17, 15) is 26.3 Å². The number of nitrogens with two attached hydrogens (primary N) is 1. The van der Waals surface area contributed by atoms with E-state index in [2.05, 4.69) is 0 Å². The van der Waals surface area contributed by atoms with Gasteiger partial charge in [-0.3, -0.25) is 0 Å². The molecular weight excluding hydrogens is 300 g/mol. The molecule has 1 aromatic carbocycles. The third-order valence-corrected chi connectivity index (χ3v) is 2.32. The first-order chi connectivity index (χ1) is 8.09. The van der Waals surface area contributed by atoms with E-state index < -0.39 is 41.7 Å². The number of hydrogen-bond donors (Lipinski definition) is 2. The lowest BCUT2D eigenvalue weighted by atomic mass is 9.96. The van der Waals surface area contributed by atoms with Crippen molar-refractivity contribution >= 4 is 12.4 Å². The minimum absolute atomic E-state index is 0. The van der Waals surface area contributed by atoms with Gasteiger partial charge in [-0.25, -0.2) is 13.2 Å². The zero-order valence-electron chi connectivity index (χ0n) is 9.22. The van der Waals surface area contributed by atoms with Crippen molar-refractivity contribution in [1.82, 2.24) is 0 Å². The molecule has 0 heterocycles. The Morgan fingerprint density at radius 3 is 2.11 bits per heavy atom. The molecular formula is C10H10ClF6NO. The van der Waals surface area contributed by atoms with E-state index >= 15 is 0 Å². The van der Waals surface area contributed by atoms with Gasteiger partial charge < -0.3 is 10.8 Å². The molecule has 0 fully saturated rings. The Morgan fingerprint density at radius 2 is 1.68 bits per heavy atom. The monoisotopic (exact) mass is 309 g/mol. The summed E-state index contributed by atoms with van der Waals surface area (Å²) < 4.78 is 76.6. The molecule has 9 heteroatoms. The molecule has 0 aromatic heterocycles. The van der Waals surface area contributed by atoms with Crippen molar-refractivity contribution < 1.29 is 31.4 Å². The number of alkyl halides is 5. The highest BCUT2D eigenvalue weighted by molar-refractivity contribution is 5.85. The Kier molecular flexibility index (Phi) is 5.66. The molecule has 19 heavy (non-hydrogen) atoms. The van der Waals surface area contributed by atoms with Gasteiger partial charge >= 0.3 is 6.18 Å². The van der Waals surface area contributed by atoms with Crippen LogP contribution in [0.2, 0.25) is 0 Å². The zero-order chi connectivity index (χ0) is 14.1. The van der Waals surface area contributed by atoms with Crippen molar-refractivity contribution in [2.24, 2.45) is 5.73 Å². The third-order valence-electron chi connectivity index (χ3n) is 2.32. The molecule has 110 valence electrons. The van der Waals surface area contributed by atoms with Gasteiger partial charge in [0.05, 0.1) is 11.6 Å². The van der Waals surface area contributed by atoms with Gasteiger partial charge in [0.2, 0.25) is 0 Å². The second-order valence-corrected chi connectivity index (χ2v) is 3.63. The Labute approximate surface area is 110 Å². The topological polar surface area (TPSA) is 46.2 Å². The highest BCUT2D eigenvalue weighted by Crippen LogP contribution is 2.38. The van der Waals surface area contributed by atoms with Gasteiger partial charge in [0, 0.05) is 0 Å². The summed E-state index contributed by atoms with van der Waals surface area (Å²) in [7, 11) is 0. The van der Waals surface area contributed by atoms with Crippen LogP contribution < -0.4 is 5.73 Å². The average molecular weight is 310 g/mol. The fraction of sp³-hybridized carbons (Fsp3) is 0.400. The normalized spacial score (nSPS) is 13.9. The average Bonchev–Trinajstić information content (AvgIpc) is 2.26. The van der Waals surface area contributed by atoms with Gasteiger partial charge in [0.25, 0.3) is 5.92 Å². The van der Waals surface area contributed by atoms with Gasteiger partial charge in [-0.2, -0.15) is 13.2 Å². The van der Waals surface area contributed by atoms with E-state index in [0.29, 0.717) is 12.1 Å². The predicted molar refractivity (Wildman–Crippen MR) is 57.6 cm³/mol.